The molecule has 0 bridgehead atoms. The predicted molar refractivity (Wildman–Crippen MR) is 94.7 cm³/mol. The molecule has 0 amide bonds. The maximum atomic E-state index is 13.3. The van der Waals surface area contributed by atoms with Gasteiger partial charge in [-0.3, -0.25) is 9.36 Å². The third-order valence-electron chi connectivity index (χ3n) is 4.26. The van der Waals surface area contributed by atoms with Gasteiger partial charge in [0.15, 0.2) is 11.2 Å². The molecule has 0 saturated carbocycles. The molecule has 0 aliphatic rings. The molecule has 2 aromatic heterocycles. The van der Waals surface area contributed by atoms with E-state index in [4.69, 9.17) is 0 Å². The number of halogens is 1. The number of nitrogens with zero attached hydrogens (tertiary/aromatic N) is 4. The minimum atomic E-state index is -0.453. The summed E-state index contributed by atoms with van der Waals surface area (Å²) in [5.41, 5.74) is 0.375. The summed E-state index contributed by atoms with van der Waals surface area (Å²) in [5.74, 6) is -0.0300. The summed E-state index contributed by atoms with van der Waals surface area (Å²) in [7, 11) is 0. The Bertz CT molecular complexity index is 1010. The maximum absolute atomic E-state index is 13.3. The Hall–Kier alpha value is -2.70. The molecule has 25 heavy (non-hydrogen) atoms. The van der Waals surface area contributed by atoms with Gasteiger partial charge in [-0.25, -0.2) is 18.7 Å². The molecule has 3 aromatic rings. The molecule has 2 heterocycles. The quantitative estimate of drug-likeness (QED) is 0.715. The summed E-state index contributed by atoms with van der Waals surface area (Å²) < 4.78 is 17.6. The Labute approximate surface area is 144 Å². The SMILES string of the molecule is CCn1cnc2c1c(=O)n(CCC(C)C)c(=O)n2-c1ccc(F)cc1. The van der Waals surface area contributed by atoms with Gasteiger partial charge in [-0.1, -0.05) is 13.8 Å². The number of imidazole rings is 1. The first-order chi connectivity index (χ1) is 11.9. The summed E-state index contributed by atoms with van der Waals surface area (Å²) in [5, 5.41) is 0. The third kappa shape index (κ3) is 3.01. The molecular formula is C18H21FN4O2. The van der Waals surface area contributed by atoms with Gasteiger partial charge in [-0.05, 0) is 43.5 Å². The average Bonchev–Trinajstić information content (AvgIpc) is 3.00. The van der Waals surface area contributed by atoms with Gasteiger partial charge in [-0.2, -0.15) is 0 Å². The van der Waals surface area contributed by atoms with Crippen LogP contribution in [0, 0.1) is 11.7 Å². The Balaban J connectivity index is 2.34. The van der Waals surface area contributed by atoms with E-state index in [1.807, 2.05) is 20.8 Å². The summed E-state index contributed by atoms with van der Waals surface area (Å²) in [6.07, 6.45) is 2.27. The minimum absolute atomic E-state index is 0.296. The number of hydrogen-bond acceptors (Lipinski definition) is 3. The summed E-state index contributed by atoms with van der Waals surface area (Å²) in [6, 6.07) is 5.60. The summed E-state index contributed by atoms with van der Waals surface area (Å²) in [6.45, 7) is 6.89. The van der Waals surface area contributed by atoms with E-state index in [9.17, 15) is 14.0 Å². The van der Waals surface area contributed by atoms with Crippen LogP contribution in [0.15, 0.2) is 40.2 Å². The highest BCUT2D eigenvalue weighted by Crippen LogP contribution is 2.14. The first-order valence-electron chi connectivity index (χ1n) is 8.40. The number of rotatable bonds is 5. The van der Waals surface area contributed by atoms with E-state index in [0.717, 1.165) is 0 Å². The van der Waals surface area contributed by atoms with Crippen molar-refractivity contribution in [1.82, 2.24) is 18.7 Å². The van der Waals surface area contributed by atoms with Crippen LogP contribution in [0.5, 0.6) is 0 Å². The fourth-order valence-corrected chi connectivity index (χ4v) is 2.83. The van der Waals surface area contributed by atoms with Gasteiger partial charge in [-0.15, -0.1) is 0 Å². The Morgan fingerprint density at radius 3 is 2.44 bits per heavy atom. The summed E-state index contributed by atoms with van der Waals surface area (Å²) >= 11 is 0. The molecule has 1 aromatic carbocycles. The van der Waals surface area contributed by atoms with Gasteiger partial charge in [0.2, 0.25) is 0 Å². The van der Waals surface area contributed by atoms with Crippen LogP contribution in [0.2, 0.25) is 0 Å². The Kier molecular flexibility index (Phi) is 4.57. The lowest BCUT2D eigenvalue weighted by Crippen LogP contribution is -2.40. The Morgan fingerprint density at radius 1 is 1.16 bits per heavy atom. The van der Waals surface area contributed by atoms with E-state index in [0.29, 0.717) is 42.3 Å². The first kappa shape index (κ1) is 17.1. The molecule has 132 valence electrons. The lowest BCUT2D eigenvalue weighted by atomic mass is 10.1. The van der Waals surface area contributed by atoms with E-state index < -0.39 is 5.69 Å². The van der Waals surface area contributed by atoms with E-state index >= 15 is 0 Å². The molecule has 0 radical (unpaired) electrons. The topological polar surface area (TPSA) is 61.8 Å². The van der Waals surface area contributed by atoms with Crippen LogP contribution in [0.1, 0.15) is 27.2 Å². The minimum Gasteiger partial charge on any atom is -0.325 e. The van der Waals surface area contributed by atoms with Crippen LogP contribution in [-0.2, 0) is 13.1 Å². The number of aryl methyl sites for hydroxylation is 1. The van der Waals surface area contributed by atoms with Crippen molar-refractivity contribution in [3.63, 3.8) is 0 Å². The molecule has 0 fully saturated rings. The van der Waals surface area contributed by atoms with Crippen molar-refractivity contribution in [3.8, 4) is 5.69 Å². The van der Waals surface area contributed by atoms with Crippen molar-refractivity contribution in [1.29, 1.82) is 0 Å². The first-order valence-corrected chi connectivity index (χ1v) is 8.40. The zero-order valence-corrected chi connectivity index (χ0v) is 14.6. The second kappa shape index (κ2) is 6.66. The van der Waals surface area contributed by atoms with Crippen molar-refractivity contribution >= 4 is 11.2 Å². The second-order valence-corrected chi connectivity index (χ2v) is 6.44. The van der Waals surface area contributed by atoms with Gasteiger partial charge in [0.25, 0.3) is 5.56 Å². The van der Waals surface area contributed by atoms with Crippen LogP contribution >= 0.6 is 0 Å². The summed E-state index contributed by atoms with van der Waals surface area (Å²) in [4.78, 5) is 30.1. The van der Waals surface area contributed by atoms with E-state index in [2.05, 4.69) is 4.98 Å². The normalized spacial score (nSPS) is 11.6. The fourth-order valence-electron chi connectivity index (χ4n) is 2.83. The van der Waals surface area contributed by atoms with Crippen molar-refractivity contribution in [2.45, 2.75) is 40.3 Å². The third-order valence-corrected chi connectivity index (χ3v) is 4.26. The number of aromatic nitrogens is 4. The van der Waals surface area contributed by atoms with Gasteiger partial charge in [0.1, 0.15) is 5.82 Å². The molecule has 0 unspecified atom stereocenters. The molecule has 0 aliphatic heterocycles. The lowest BCUT2D eigenvalue weighted by Gasteiger charge is -2.13. The monoisotopic (exact) mass is 344 g/mol. The Morgan fingerprint density at radius 2 is 1.84 bits per heavy atom. The molecular weight excluding hydrogens is 323 g/mol. The van der Waals surface area contributed by atoms with Gasteiger partial charge in [0.05, 0.1) is 12.0 Å². The molecule has 0 atom stereocenters. The van der Waals surface area contributed by atoms with Crippen LogP contribution in [-0.4, -0.2) is 18.7 Å². The van der Waals surface area contributed by atoms with Gasteiger partial charge in [0, 0.05) is 13.1 Å². The van der Waals surface area contributed by atoms with Crippen molar-refractivity contribution in [2.75, 3.05) is 0 Å². The zero-order chi connectivity index (χ0) is 18.1. The van der Waals surface area contributed by atoms with Crippen LogP contribution in [0.25, 0.3) is 16.9 Å². The van der Waals surface area contributed by atoms with E-state index in [-0.39, 0.29) is 11.4 Å². The number of benzene rings is 1. The predicted octanol–water partition coefficient (Wildman–Crippen LogP) is 2.55. The van der Waals surface area contributed by atoms with Crippen LogP contribution in [0.4, 0.5) is 4.39 Å². The standard InChI is InChI=1S/C18H21FN4O2/c1-4-21-11-20-16-15(21)17(24)22(10-9-12(2)3)18(25)23(16)14-7-5-13(19)6-8-14/h5-8,11-12H,4,9-10H2,1-3H3. The smallest absolute Gasteiger partial charge is 0.325 e. The number of fused-ring (bicyclic) bond motifs is 1. The van der Waals surface area contributed by atoms with Gasteiger partial charge >= 0.3 is 5.69 Å². The van der Waals surface area contributed by atoms with Crippen molar-refractivity contribution < 1.29 is 4.39 Å². The highest BCUT2D eigenvalue weighted by atomic mass is 19.1. The molecule has 0 spiro atoms. The second-order valence-electron chi connectivity index (χ2n) is 6.44. The largest absolute Gasteiger partial charge is 0.337 e. The van der Waals surface area contributed by atoms with Gasteiger partial charge < -0.3 is 4.57 Å². The highest BCUT2D eigenvalue weighted by molar-refractivity contribution is 5.72. The van der Waals surface area contributed by atoms with Crippen LogP contribution < -0.4 is 11.2 Å². The maximum Gasteiger partial charge on any atom is 0.337 e. The molecule has 7 heteroatoms. The van der Waals surface area contributed by atoms with E-state index in [1.54, 1.807) is 10.9 Å². The van der Waals surface area contributed by atoms with Crippen molar-refractivity contribution in [2.24, 2.45) is 5.92 Å². The number of hydrogen-bond donors (Lipinski definition) is 0. The van der Waals surface area contributed by atoms with Crippen LogP contribution in [0.3, 0.4) is 0 Å². The lowest BCUT2D eigenvalue weighted by molar-refractivity contribution is 0.491. The van der Waals surface area contributed by atoms with Crippen molar-refractivity contribution in [3.05, 3.63) is 57.2 Å². The molecule has 0 aliphatic carbocycles. The zero-order valence-electron chi connectivity index (χ0n) is 14.6. The molecule has 0 saturated heterocycles. The fraction of sp³-hybridized carbons (Fsp3) is 0.389. The molecule has 6 nitrogen and oxygen atoms in total. The molecule has 0 N–H and O–H groups in total. The molecule has 3 rings (SSSR count). The van der Waals surface area contributed by atoms with E-state index in [1.165, 1.54) is 33.4 Å². The highest BCUT2D eigenvalue weighted by Gasteiger charge is 2.18. The average molecular weight is 344 g/mol.